The number of aromatic nitrogens is 2. The molecule has 108 valence electrons. The fraction of sp³-hybridized carbons (Fsp3) is 0.533. The topological polar surface area (TPSA) is 50.5 Å². The summed E-state index contributed by atoms with van der Waals surface area (Å²) in [5.41, 5.74) is 2.20. The number of nitrogens with zero attached hydrogens (tertiary/aromatic N) is 3. The van der Waals surface area contributed by atoms with E-state index in [1.807, 2.05) is 25.2 Å². The van der Waals surface area contributed by atoms with Gasteiger partial charge in [-0.05, 0) is 26.1 Å². The molecule has 0 aliphatic carbocycles. The van der Waals surface area contributed by atoms with Crippen LogP contribution in [-0.4, -0.2) is 52.0 Å². The normalized spacial score (nSPS) is 23.0. The Kier molecular flexibility index (Phi) is 3.74. The first-order valence-corrected chi connectivity index (χ1v) is 7.11. The molecule has 0 radical (unpaired) electrons. The highest BCUT2D eigenvalue weighted by Gasteiger charge is 2.30. The molecule has 3 rings (SSSR count). The predicted molar refractivity (Wildman–Crippen MR) is 77.5 cm³/mol. The number of aryl methyl sites for hydroxylation is 1. The van der Waals surface area contributed by atoms with Crippen LogP contribution in [0, 0.1) is 0 Å². The van der Waals surface area contributed by atoms with Gasteiger partial charge in [0.1, 0.15) is 5.82 Å². The first-order valence-electron chi connectivity index (χ1n) is 7.11. The molecular formula is C15H21N3O2. The first-order chi connectivity index (χ1) is 9.70. The molecule has 0 amide bonds. The summed E-state index contributed by atoms with van der Waals surface area (Å²) < 4.78 is 7.56. The van der Waals surface area contributed by atoms with Gasteiger partial charge in [-0.15, -0.1) is 0 Å². The van der Waals surface area contributed by atoms with Gasteiger partial charge >= 0.3 is 0 Å². The van der Waals surface area contributed by atoms with Gasteiger partial charge in [0.15, 0.2) is 0 Å². The zero-order valence-corrected chi connectivity index (χ0v) is 12.0. The van der Waals surface area contributed by atoms with Crippen molar-refractivity contribution in [3.8, 4) is 0 Å². The quantitative estimate of drug-likeness (QED) is 0.912. The molecule has 1 N–H and O–H groups in total. The molecule has 0 unspecified atom stereocenters. The molecule has 1 aromatic carbocycles. The van der Waals surface area contributed by atoms with Crippen LogP contribution >= 0.6 is 0 Å². The van der Waals surface area contributed by atoms with E-state index < -0.39 is 6.10 Å². The van der Waals surface area contributed by atoms with Crippen LogP contribution in [-0.2, 0) is 17.8 Å². The number of fused-ring (bicyclic) bond motifs is 1. The maximum Gasteiger partial charge on any atom is 0.124 e. The number of hydrogen-bond donors (Lipinski definition) is 1. The minimum Gasteiger partial charge on any atom is -0.389 e. The number of likely N-dealkylation sites (N-methyl/N-ethyl adjacent to an activating group) is 1. The SMILES string of the molecule is CCn1c(CN(C)[C@@H]2COC[C@H]2O)nc2ccccc21. The van der Waals surface area contributed by atoms with Crippen LogP contribution in [0.5, 0.6) is 0 Å². The van der Waals surface area contributed by atoms with E-state index in [-0.39, 0.29) is 6.04 Å². The predicted octanol–water partition coefficient (Wildman–Crippen LogP) is 1.25. The highest BCUT2D eigenvalue weighted by atomic mass is 16.5. The van der Waals surface area contributed by atoms with Crippen LogP contribution in [0.2, 0.25) is 0 Å². The summed E-state index contributed by atoms with van der Waals surface area (Å²) in [6.07, 6.45) is -0.403. The summed E-state index contributed by atoms with van der Waals surface area (Å²) in [4.78, 5) is 6.85. The molecule has 5 nitrogen and oxygen atoms in total. The van der Waals surface area contributed by atoms with Crippen LogP contribution in [0.4, 0.5) is 0 Å². The average molecular weight is 275 g/mol. The van der Waals surface area contributed by atoms with Crippen LogP contribution in [0.15, 0.2) is 24.3 Å². The Morgan fingerprint density at radius 2 is 2.20 bits per heavy atom. The van der Waals surface area contributed by atoms with E-state index >= 15 is 0 Å². The third kappa shape index (κ3) is 2.32. The maximum atomic E-state index is 9.91. The van der Waals surface area contributed by atoms with Gasteiger partial charge in [-0.25, -0.2) is 4.98 Å². The van der Waals surface area contributed by atoms with Crippen molar-refractivity contribution in [1.82, 2.24) is 14.5 Å². The third-order valence-electron chi connectivity index (χ3n) is 4.03. The zero-order chi connectivity index (χ0) is 14.1. The van der Waals surface area contributed by atoms with Crippen molar-refractivity contribution in [2.24, 2.45) is 0 Å². The summed E-state index contributed by atoms with van der Waals surface area (Å²) in [5, 5.41) is 9.91. The second-order valence-electron chi connectivity index (χ2n) is 5.35. The lowest BCUT2D eigenvalue weighted by Crippen LogP contribution is -2.40. The average Bonchev–Trinajstić information content (AvgIpc) is 3.01. The summed E-state index contributed by atoms with van der Waals surface area (Å²) in [7, 11) is 2.02. The third-order valence-corrected chi connectivity index (χ3v) is 4.03. The molecule has 0 spiro atoms. The maximum absolute atomic E-state index is 9.91. The van der Waals surface area contributed by atoms with E-state index in [4.69, 9.17) is 9.72 Å². The van der Waals surface area contributed by atoms with Gasteiger partial charge in [-0.3, -0.25) is 4.90 Å². The molecule has 2 atom stereocenters. The largest absolute Gasteiger partial charge is 0.389 e. The number of aliphatic hydroxyl groups is 1. The molecule has 1 aliphatic heterocycles. The molecule has 2 aromatic rings. The van der Waals surface area contributed by atoms with E-state index in [1.54, 1.807) is 0 Å². The lowest BCUT2D eigenvalue weighted by Gasteiger charge is -2.25. The number of imidazole rings is 1. The Hall–Kier alpha value is -1.43. The van der Waals surface area contributed by atoms with Crippen molar-refractivity contribution in [3.63, 3.8) is 0 Å². The number of ether oxygens (including phenoxy) is 1. The van der Waals surface area contributed by atoms with Crippen molar-refractivity contribution in [3.05, 3.63) is 30.1 Å². The van der Waals surface area contributed by atoms with Gasteiger partial charge in [0.05, 0.1) is 42.9 Å². The lowest BCUT2D eigenvalue weighted by molar-refractivity contribution is 0.0909. The molecule has 0 bridgehead atoms. The van der Waals surface area contributed by atoms with Gasteiger partial charge in [-0.2, -0.15) is 0 Å². The summed E-state index contributed by atoms with van der Waals surface area (Å²) in [6, 6.07) is 8.25. The number of hydrogen-bond acceptors (Lipinski definition) is 4. The second-order valence-corrected chi connectivity index (χ2v) is 5.35. The van der Waals surface area contributed by atoms with Crippen molar-refractivity contribution < 1.29 is 9.84 Å². The number of benzene rings is 1. The molecule has 1 aromatic heterocycles. The smallest absolute Gasteiger partial charge is 0.124 e. The minimum atomic E-state index is -0.403. The minimum absolute atomic E-state index is 0.0557. The Labute approximate surface area is 118 Å². The summed E-state index contributed by atoms with van der Waals surface area (Å²) in [6.45, 7) is 4.76. The number of rotatable bonds is 4. The standard InChI is InChI=1S/C15H21N3O2/c1-3-18-12-7-5-4-6-11(12)16-15(18)8-17(2)13-9-20-10-14(13)19/h4-7,13-14,19H,3,8-10H2,1-2H3/t13-,14-/m1/s1. The van der Waals surface area contributed by atoms with Crippen LogP contribution in [0.3, 0.4) is 0 Å². The summed E-state index contributed by atoms with van der Waals surface area (Å²) in [5.74, 6) is 1.04. The summed E-state index contributed by atoms with van der Waals surface area (Å²) >= 11 is 0. The second kappa shape index (κ2) is 5.52. The highest BCUT2D eigenvalue weighted by molar-refractivity contribution is 5.75. The fourth-order valence-corrected chi connectivity index (χ4v) is 2.89. The molecule has 1 fully saturated rings. The van der Waals surface area contributed by atoms with Crippen molar-refractivity contribution >= 4 is 11.0 Å². The van der Waals surface area contributed by atoms with Gasteiger partial charge in [0.2, 0.25) is 0 Å². The number of aliphatic hydroxyl groups excluding tert-OH is 1. The van der Waals surface area contributed by atoms with E-state index in [2.05, 4.69) is 22.5 Å². The van der Waals surface area contributed by atoms with Gasteiger partial charge in [0, 0.05) is 6.54 Å². The zero-order valence-electron chi connectivity index (χ0n) is 12.0. The molecule has 5 heteroatoms. The van der Waals surface area contributed by atoms with E-state index in [1.165, 1.54) is 5.52 Å². The molecule has 1 aliphatic rings. The van der Waals surface area contributed by atoms with Crippen LogP contribution in [0.25, 0.3) is 11.0 Å². The van der Waals surface area contributed by atoms with Gasteiger partial charge in [0.25, 0.3) is 0 Å². The van der Waals surface area contributed by atoms with Gasteiger partial charge in [-0.1, -0.05) is 12.1 Å². The van der Waals surface area contributed by atoms with Crippen molar-refractivity contribution in [2.45, 2.75) is 32.2 Å². The Morgan fingerprint density at radius 1 is 1.40 bits per heavy atom. The molecular weight excluding hydrogens is 254 g/mol. The first kappa shape index (κ1) is 13.5. The Morgan fingerprint density at radius 3 is 2.90 bits per heavy atom. The fourth-order valence-electron chi connectivity index (χ4n) is 2.89. The lowest BCUT2D eigenvalue weighted by atomic mass is 10.2. The monoisotopic (exact) mass is 275 g/mol. The van der Waals surface area contributed by atoms with E-state index in [0.29, 0.717) is 19.8 Å². The molecule has 20 heavy (non-hydrogen) atoms. The van der Waals surface area contributed by atoms with Crippen LogP contribution in [0.1, 0.15) is 12.7 Å². The Balaban J connectivity index is 1.86. The molecule has 1 saturated heterocycles. The highest BCUT2D eigenvalue weighted by Crippen LogP contribution is 2.19. The van der Waals surface area contributed by atoms with E-state index in [0.717, 1.165) is 17.9 Å². The van der Waals surface area contributed by atoms with Crippen LogP contribution < -0.4 is 0 Å². The van der Waals surface area contributed by atoms with Crippen molar-refractivity contribution in [1.29, 1.82) is 0 Å². The van der Waals surface area contributed by atoms with E-state index in [9.17, 15) is 5.11 Å². The molecule has 2 heterocycles. The van der Waals surface area contributed by atoms with Gasteiger partial charge < -0.3 is 14.4 Å². The van der Waals surface area contributed by atoms with Crippen molar-refractivity contribution in [2.75, 3.05) is 20.3 Å². The Bertz CT molecular complexity index is 596. The molecule has 0 saturated carbocycles. The number of para-hydroxylation sites is 2.